The predicted octanol–water partition coefficient (Wildman–Crippen LogP) is -1.81. The van der Waals surface area contributed by atoms with Crippen LogP contribution in [0.3, 0.4) is 0 Å². The molecule has 0 saturated carbocycles. The van der Waals surface area contributed by atoms with Crippen molar-refractivity contribution in [3.63, 3.8) is 0 Å². The van der Waals surface area contributed by atoms with Crippen molar-refractivity contribution in [2.24, 2.45) is 0 Å². The second-order valence-corrected chi connectivity index (χ2v) is 1.58. The van der Waals surface area contributed by atoms with Crippen LogP contribution < -0.4 is 18.9 Å². The van der Waals surface area contributed by atoms with Gasteiger partial charge in [-0.15, -0.1) is 30.3 Å². The summed E-state index contributed by atoms with van der Waals surface area (Å²) < 4.78 is 0. The van der Waals surface area contributed by atoms with Crippen molar-refractivity contribution in [1.29, 1.82) is 0 Å². The number of carboxylic acid groups (broad SMARTS) is 1. The van der Waals surface area contributed by atoms with Crippen LogP contribution in [0.5, 0.6) is 0 Å². The Morgan fingerprint density at radius 1 is 1.50 bits per heavy atom. The number of rotatable bonds is 1. The van der Waals surface area contributed by atoms with Gasteiger partial charge in [0, 0.05) is 0 Å². The van der Waals surface area contributed by atoms with Gasteiger partial charge in [-0.25, -0.2) is 0 Å². The Kier molecular flexibility index (Phi) is 3.86. The fourth-order valence-corrected chi connectivity index (χ4v) is 0.526. The van der Waals surface area contributed by atoms with Crippen LogP contribution in [-0.4, -0.2) is 11.1 Å². The van der Waals surface area contributed by atoms with Gasteiger partial charge in [-0.05, 0) is 0 Å². The summed E-state index contributed by atoms with van der Waals surface area (Å²) in [5.74, 6) is -0.935. The molecule has 0 amide bonds. The largest absolute Gasteiger partial charge is 1.00 e. The Morgan fingerprint density at radius 3 is 2.50 bits per heavy atom. The zero-order valence-corrected chi connectivity index (χ0v) is 5.66. The molecule has 10 heavy (non-hydrogen) atoms. The first-order valence-electron chi connectivity index (χ1n) is 2.51. The Hall–Kier alpha value is -0.713. The van der Waals surface area contributed by atoms with E-state index in [2.05, 4.69) is 6.07 Å². The summed E-state index contributed by atoms with van der Waals surface area (Å²) in [6, 6.07) is 9.04. The van der Waals surface area contributed by atoms with E-state index in [-0.39, 0.29) is 24.4 Å². The van der Waals surface area contributed by atoms with Crippen molar-refractivity contribution in [3.05, 3.63) is 35.9 Å². The summed E-state index contributed by atoms with van der Waals surface area (Å²) in [7, 11) is 0. The maximum atomic E-state index is 10.2. The summed E-state index contributed by atoms with van der Waals surface area (Å²) in [6.45, 7) is 0. The van der Waals surface area contributed by atoms with Crippen LogP contribution in [0.4, 0.5) is 0 Å². The Labute approximate surface area is 71.0 Å². The fourth-order valence-electron chi connectivity index (χ4n) is 0.526. The third kappa shape index (κ3) is 2.26. The minimum absolute atomic E-state index is 0. The average molecular weight is 128 g/mol. The normalized spacial score (nSPS) is 8.00. The molecule has 0 heterocycles. The zero-order valence-electron chi connectivity index (χ0n) is 5.66. The summed E-state index contributed by atoms with van der Waals surface area (Å²) in [4.78, 5) is 10.2. The Balaban J connectivity index is 0.000000810. The molecule has 0 saturated heterocycles. The maximum absolute atomic E-state index is 10.2. The molecule has 0 unspecified atom stereocenters. The van der Waals surface area contributed by atoms with Gasteiger partial charge in [-0.3, -0.25) is 0 Å². The van der Waals surface area contributed by atoms with E-state index >= 15 is 0 Å². The quantitative estimate of drug-likeness (QED) is 0.357. The van der Waals surface area contributed by atoms with E-state index in [1.165, 1.54) is 6.07 Å². The van der Waals surface area contributed by atoms with Gasteiger partial charge < -0.3 is 9.90 Å². The minimum Gasteiger partial charge on any atom is -0.521 e. The predicted molar refractivity (Wildman–Crippen MR) is 32.2 cm³/mol. The van der Waals surface area contributed by atoms with Crippen molar-refractivity contribution < 1.29 is 28.8 Å². The molecular weight excluding hydrogens is 123 g/mol. The molecule has 0 spiro atoms. The molecule has 0 aliphatic rings. The monoisotopic (exact) mass is 128 g/mol. The number of hydrogen-bond acceptors (Lipinski definition) is 1. The van der Waals surface area contributed by atoms with Crippen LogP contribution in [0, 0.1) is 6.07 Å². The van der Waals surface area contributed by atoms with Crippen molar-refractivity contribution in [2.75, 3.05) is 0 Å². The summed E-state index contributed by atoms with van der Waals surface area (Å²) in [5, 5.41) is 8.35. The summed E-state index contributed by atoms with van der Waals surface area (Å²) >= 11 is 0. The van der Waals surface area contributed by atoms with E-state index < -0.39 is 5.97 Å². The number of carboxylic acids is 1. The van der Waals surface area contributed by atoms with Gasteiger partial charge in [0.15, 0.2) is 0 Å². The molecular formula is C7H5LiO2. The number of aromatic carboxylic acids is 1. The molecule has 0 aromatic heterocycles. The number of hydrogen-bond donors (Lipinski definition) is 1. The minimum atomic E-state index is -0.935. The van der Waals surface area contributed by atoms with Crippen LogP contribution in [0.15, 0.2) is 24.3 Å². The first-order chi connectivity index (χ1) is 4.30. The zero-order chi connectivity index (χ0) is 6.69. The third-order valence-electron chi connectivity index (χ3n) is 0.939. The number of benzene rings is 1. The molecule has 1 rings (SSSR count). The van der Waals surface area contributed by atoms with Gasteiger partial charge in [0.05, 0.1) is 0 Å². The van der Waals surface area contributed by atoms with E-state index in [0.717, 1.165) is 0 Å². The smallest absolute Gasteiger partial charge is 0.521 e. The van der Waals surface area contributed by atoms with E-state index in [1.807, 2.05) is 0 Å². The molecule has 1 N–H and O–H groups in total. The second-order valence-electron chi connectivity index (χ2n) is 1.58. The van der Waals surface area contributed by atoms with Crippen LogP contribution in [0.25, 0.3) is 0 Å². The molecule has 0 bridgehead atoms. The van der Waals surface area contributed by atoms with Crippen molar-refractivity contribution >= 4 is 5.97 Å². The second kappa shape index (κ2) is 4.16. The van der Waals surface area contributed by atoms with E-state index in [4.69, 9.17) is 5.11 Å². The van der Waals surface area contributed by atoms with Crippen LogP contribution in [0.2, 0.25) is 0 Å². The van der Waals surface area contributed by atoms with E-state index in [0.29, 0.717) is 0 Å². The van der Waals surface area contributed by atoms with Crippen molar-refractivity contribution in [3.8, 4) is 0 Å². The van der Waals surface area contributed by atoms with Crippen LogP contribution >= 0.6 is 0 Å². The van der Waals surface area contributed by atoms with Crippen LogP contribution in [0.1, 0.15) is 10.4 Å². The van der Waals surface area contributed by atoms with Gasteiger partial charge in [0.25, 0.3) is 0 Å². The molecule has 3 heteroatoms. The van der Waals surface area contributed by atoms with Crippen LogP contribution in [-0.2, 0) is 0 Å². The molecule has 0 fully saturated rings. The molecule has 2 nitrogen and oxygen atoms in total. The fraction of sp³-hybridized carbons (Fsp3) is 0. The SMILES string of the molecule is O=C(O)c1[c-]cccc1.[Li+]. The standard InChI is InChI=1S/C7H5O2.Li/c8-7(9)6-4-2-1-3-5-6;/h1-4H,(H,8,9);/q-1;+1. The number of carbonyl (C=O) groups is 1. The molecule has 46 valence electrons. The van der Waals surface area contributed by atoms with E-state index in [1.54, 1.807) is 18.2 Å². The van der Waals surface area contributed by atoms with E-state index in [9.17, 15) is 4.79 Å². The van der Waals surface area contributed by atoms with Gasteiger partial charge in [0.2, 0.25) is 5.97 Å². The topological polar surface area (TPSA) is 37.3 Å². The van der Waals surface area contributed by atoms with Gasteiger partial charge in [-0.1, -0.05) is 5.56 Å². The summed E-state index contributed by atoms with van der Waals surface area (Å²) in [6.07, 6.45) is 0. The summed E-state index contributed by atoms with van der Waals surface area (Å²) in [5.41, 5.74) is 0.206. The van der Waals surface area contributed by atoms with Gasteiger partial charge >= 0.3 is 18.9 Å². The maximum Gasteiger partial charge on any atom is 1.00 e. The Bertz CT molecular complexity index is 208. The van der Waals surface area contributed by atoms with Gasteiger partial charge in [0.1, 0.15) is 0 Å². The third-order valence-corrected chi connectivity index (χ3v) is 0.939. The van der Waals surface area contributed by atoms with Gasteiger partial charge in [-0.2, -0.15) is 0 Å². The molecule has 1 aromatic carbocycles. The van der Waals surface area contributed by atoms with Crippen molar-refractivity contribution in [1.82, 2.24) is 0 Å². The molecule has 0 radical (unpaired) electrons. The van der Waals surface area contributed by atoms with Crippen molar-refractivity contribution in [2.45, 2.75) is 0 Å². The Morgan fingerprint density at radius 2 is 2.20 bits per heavy atom. The average Bonchev–Trinajstić information content (AvgIpc) is 1.90. The molecule has 0 aliphatic carbocycles. The first kappa shape index (κ1) is 9.29. The molecule has 0 aliphatic heterocycles. The molecule has 0 atom stereocenters. The molecule has 1 aromatic rings. The first-order valence-corrected chi connectivity index (χ1v) is 2.51.